The molecule has 0 amide bonds. The Balaban J connectivity index is 2.13. The molecule has 1 N–H and O–H groups in total. The first-order valence-electron chi connectivity index (χ1n) is 6.74. The third kappa shape index (κ3) is 5.89. The monoisotopic (exact) mass is 238 g/mol. The van der Waals surface area contributed by atoms with Crippen LogP contribution >= 0.6 is 0 Å². The SMILES string of the molecule is CCCN(CC)CCNC(C)Cc1ccco1. The molecule has 0 radical (unpaired) electrons. The van der Waals surface area contributed by atoms with Gasteiger partial charge in [-0.3, -0.25) is 0 Å². The van der Waals surface area contributed by atoms with Crippen LogP contribution < -0.4 is 5.32 Å². The molecule has 1 heterocycles. The summed E-state index contributed by atoms with van der Waals surface area (Å²) in [6, 6.07) is 4.46. The van der Waals surface area contributed by atoms with Gasteiger partial charge in [-0.25, -0.2) is 0 Å². The second-order valence-electron chi connectivity index (χ2n) is 4.57. The number of hydrogen-bond acceptors (Lipinski definition) is 3. The number of likely N-dealkylation sites (N-methyl/N-ethyl adjacent to an activating group) is 1. The minimum Gasteiger partial charge on any atom is -0.469 e. The van der Waals surface area contributed by atoms with Gasteiger partial charge >= 0.3 is 0 Å². The van der Waals surface area contributed by atoms with Gasteiger partial charge in [-0.15, -0.1) is 0 Å². The molecule has 1 unspecified atom stereocenters. The zero-order valence-electron chi connectivity index (χ0n) is 11.4. The van der Waals surface area contributed by atoms with E-state index < -0.39 is 0 Å². The third-order valence-corrected chi connectivity index (χ3v) is 3.00. The highest BCUT2D eigenvalue weighted by molar-refractivity contribution is 4.99. The fourth-order valence-electron chi connectivity index (χ4n) is 2.02. The topological polar surface area (TPSA) is 28.4 Å². The molecule has 1 atom stereocenters. The van der Waals surface area contributed by atoms with Crippen molar-refractivity contribution in [2.75, 3.05) is 26.2 Å². The molecule has 1 rings (SSSR count). The Hall–Kier alpha value is -0.800. The van der Waals surface area contributed by atoms with Crippen LogP contribution in [0.15, 0.2) is 22.8 Å². The predicted octanol–water partition coefficient (Wildman–Crippen LogP) is 2.53. The number of furan rings is 1. The van der Waals surface area contributed by atoms with Crippen molar-refractivity contribution in [3.63, 3.8) is 0 Å². The highest BCUT2D eigenvalue weighted by Crippen LogP contribution is 2.03. The van der Waals surface area contributed by atoms with Crippen molar-refractivity contribution in [3.05, 3.63) is 24.2 Å². The highest BCUT2D eigenvalue weighted by atomic mass is 16.3. The van der Waals surface area contributed by atoms with E-state index in [0.717, 1.165) is 31.8 Å². The molecule has 17 heavy (non-hydrogen) atoms. The normalized spacial score (nSPS) is 13.2. The lowest BCUT2D eigenvalue weighted by atomic mass is 10.2. The summed E-state index contributed by atoms with van der Waals surface area (Å²) in [6.45, 7) is 11.2. The first-order valence-corrected chi connectivity index (χ1v) is 6.74. The quantitative estimate of drug-likeness (QED) is 0.716. The van der Waals surface area contributed by atoms with Gasteiger partial charge in [0.2, 0.25) is 0 Å². The van der Waals surface area contributed by atoms with E-state index >= 15 is 0 Å². The lowest BCUT2D eigenvalue weighted by Gasteiger charge is -2.21. The van der Waals surface area contributed by atoms with Gasteiger partial charge in [0.05, 0.1) is 6.26 Å². The molecule has 0 aliphatic rings. The second-order valence-corrected chi connectivity index (χ2v) is 4.57. The second kappa shape index (κ2) is 8.31. The van der Waals surface area contributed by atoms with Crippen molar-refractivity contribution in [1.29, 1.82) is 0 Å². The molecule has 3 nitrogen and oxygen atoms in total. The zero-order chi connectivity index (χ0) is 12.5. The van der Waals surface area contributed by atoms with Crippen molar-refractivity contribution >= 4 is 0 Å². The molecule has 0 saturated heterocycles. The average Bonchev–Trinajstić information content (AvgIpc) is 2.80. The van der Waals surface area contributed by atoms with Crippen LogP contribution in [-0.4, -0.2) is 37.1 Å². The largest absolute Gasteiger partial charge is 0.469 e. The maximum Gasteiger partial charge on any atom is 0.105 e. The number of rotatable bonds is 9. The van der Waals surface area contributed by atoms with Crippen molar-refractivity contribution in [2.45, 2.75) is 39.7 Å². The van der Waals surface area contributed by atoms with Crippen LogP contribution in [0.3, 0.4) is 0 Å². The molecular formula is C14H26N2O. The number of nitrogens with zero attached hydrogens (tertiary/aromatic N) is 1. The summed E-state index contributed by atoms with van der Waals surface area (Å²) in [5.41, 5.74) is 0. The number of nitrogens with one attached hydrogen (secondary N) is 1. The Labute approximate surface area is 105 Å². The fourth-order valence-corrected chi connectivity index (χ4v) is 2.02. The van der Waals surface area contributed by atoms with Gasteiger partial charge < -0.3 is 14.6 Å². The van der Waals surface area contributed by atoms with Crippen LogP contribution in [0.2, 0.25) is 0 Å². The number of hydrogen-bond donors (Lipinski definition) is 1. The maximum absolute atomic E-state index is 5.34. The Morgan fingerprint density at radius 1 is 1.35 bits per heavy atom. The van der Waals surface area contributed by atoms with Crippen LogP contribution in [0.4, 0.5) is 0 Å². The van der Waals surface area contributed by atoms with Crippen LogP contribution in [0, 0.1) is 0 Å². The highest BCUT2D eigenvalue weighted by Gasteiger charge is 2.06. The van der Waals surface area contributed by atoms with Gasteiger partial charge in [0.1, 0.15) is 5.76 Å². The molecule has 0 aromatic carbocycles. The lowest BCUT2D eigenvalue weighted by Crippen LogP contribution is -2.37. The minimum absolute atomic E-state index is 0.474. The van der Waals surface area contributed by atoms with E-state index in [1.54, 1.807) is 6.26 Å². The predicted molar refractivity (Wildman–Crippen MR) is 72.3 cm³/mol. The van der Waals surface area contributed by atoms with E-state index in [0.29, 0.717) is 6.04 Å². The van der Waals surface area contributed by atoms with E-state index in [2.05, 4.69) is 31.0 Å². The average molecular weight is 238 g/mol. The van der Waals surface area contributed by atoms with Crippen molar-refractivity contribution in [1.82, 2.24) is 10.2 Å². The molecule has 0 aliphatic heterocycles. The van der Waals surface area contributed by atoms with Gasteiger partial charge in [0.25, 0.3) is 0 Å². The van der Waals surface area contributed by atoms with Crippen LogP contribution in [-0.2, 0) is 6.42 Å². The standard InChI is InChI=1S/C14H26N2O/c1-4-9-16(5-2)10-8-15-13(3)12-14-7-6-11-17-14/h6-7,11,13,15H,4-5,8-10,12H2,1-3H3. The third-order valence-electron chi connectivity index (χ3n) is 3.00. The molecule has 0 saturated carbocycles. The zero-order valence-corrected chi connectivity index (χ0v) is 11.4. The van der Waals surface area contributed by atoms with Gasteiger partial charge in [-0.05, 0) is 38.6 Å². The van der Waals surface area contributed by atoms with E-state index in [-0.39, 0.29) is 0 Å². The molecule has 98 valence electrons. The Kier molecular flexibility index (Phi) is 6.97. The van der Waals surface area contributed by atoms with Gasteiger partial charge in [0.15, 0.2) is 0 Å². The Morgan fingerprint density at radius 3 is 2.76 bits per heavy atom. The molecule has 0 fully saturated rings. The smallest absolute Gasteiger partial charge is 0.105 e. The van der Waals surface area contributed by atoms with E-state index in [1.807, 2.05) is 12.1 Å². The van der Waals surface area contributed by atoms with E-state index in [9.17, 15) is 0 Å². The first-order chi connectivity index (χ1) is 8.26. The van der Waals surface area contributed by atoms with Crippen LogP contribution in [0.1, 0.15) is 33.0 Å². The van der Waals surface area contributed by atoms with Gasteiger partial charge in [-0.1, -0.05) is 13.8 Å². The summed E-state index contributed by atoms with van der Waals surface area (Å²) in [7, 11) is 0. The summed E-state index contributed by atoms with van der Waals surface area (Å²) in [5, 5.41) is 3.54. The molecule has 1 aromatic heterocycles. The molecule has 3 heteroatoms. The summed E-state index contributed by atoms with van der Waals surface area (Å²) in [6.07, 6.45) is 3.94. The lowest BCUT2D eigenvalue weighted by molar-refractivity contribution is 0.282. The maximum atomic E-state index is 5.34. The van der Waals surface area contributed by atoms with Crippen molar-refractivity contribution in [2.24, 2.45) is 0 Å². The fraction of sp³-hybridized carbons (Fsp3) is 0.714. The van der Waals surface area contributed by atoms with E-state index in [4.69, 9.17) is 4.42 Å². The van der Waals surface area contributed by atoms with Gasteiger partial charge in [-0.2, -0.15) is 0 Å². The van der Waals surface area contributed by atoms with Crippen molar-refractivity contribution < 1.29 is 4.42 Å². The minimum atomic E-state index is 0.474. The summed E-state index contributed by atoms with van der Waals surface area (Å²) in [5.74, 6) is 1.06. The van der Waals surface area contributed by atoms with E-state index in [1.165, 1.54) is 13.0 Å². The molecule has 1 aromatic rings. The first kappa shape index (κ1) is 14.3. The molecule has 0 aliphatic carbocycles. The van der Waals surface area contributed by atoms with Crippen molar-refractivity contribution in [3.8, 4) is 0 Å². The Morgan fingerprint density at radius 2 is 2.18 bits per heavy atom. The summed E-state index contributed by atoms with van der Waals surface area (Å²) >= 11 is 0. The van der Waals surface area contributed by atoms with Crippen LogP contribution in [0.25, 0.3) is 0 Å². The summed E-state index contributed by atoms with van der Waals surface area (Å²) in [4.78, 5) is 2.48. The molecular weight excluding hydrogens is 212 g/mol. The molecule has 0 spiro atoms. The Bertz CT molecular complexity index is 272. The van der Waals surface area contributed by atoms with Gasteiger partial charge in [0, 0.05) is 25.6 Å². The summed E-state index contributed by atoms with van der Waals surface area (Å²) < 4.78 is 5.34. The van der Waals surface area contributed by atoms with Crippen LogP contribution in [0.5, 0.6) is 0 Å². The molecule has 0 bridgehead atoms.